The third kappa shape index (κ3) is 1.61. The van der Waals surface area contributed by atoms with Gasteiger partial charge in [0.2, 0.25) is 0 Å². The Morgan fingerprint density at radius 3 is 3.08 bits per heavy atom. The number of hydrogen-bond acceptors (Lipinski definition) is 3. The van der Waals surface area contributed by atoms with Crippen LogP contribution < -0.4 is 0 Å². The molecule has 70 valence electrons. The lowest BCUT2D eigenvalue weighted by Gasteiger charge is -2.36. The topological polar surface area (TPSA) is 82.1 Å². The lowest BCUT2D eigenvalue weighted by molar-refractivity contribution is 0.0815. The van der Waals surface area contributed by atoms with E-state index in [9.17, 15) is 4.79 Å². The van der Waals surface area contributed by atoms with Gasteiger partial charge in [0.25, 0.3) is 0 Å². The van der Waals surface area contributed by atoms with Crippen LogP contribution in [0.3, 0.4) is 0 Å². The summed E-state index contributed by atoms with van der Waals surface area (Å²) in [5.41, 5.74) is 0.968. The first kappa shape index (κ1) is 8.03. The third-order valence-corrected chi connectivity index (χ3v) is 2.20. The second-order valence-corrected chi connectivity index (χ2v) is 3.24. The van der Waals surface area contributed by atoms with Gasteiger partial charge in [-0.1, -0.05) is 5.21 Å². The zero-order valence-electron chi connectivity index (χ0n) is 6.97. The normalized spacial score (nSPS) is 17.1. The molecule has 6 heteroatoms. The van der Waals surface area contributed by atoms with Crippen molar-refractivity contribution in [2.75, 3.05) is 13.1 Å². The summed E-state index contributed by atoms with van der Waals surface area (Å²) in [5.74, 6) is 0.415. The first-order valence-corrected chi connectivity index (χ1v) is 4.08. The molecule has 0 radical (unpaired) electrons. The average Bonchev–Trinajstić information content (AvgIpc) is 2.46. The Hall–Kier alpha value is -1.59. The number of nitrogens with one attached hydrogen (secondary N) is 1. The molecule has 1 saturated heterocycles. The van der Waals surface area contributed by atoms with Crippen LogP contribution in [0.15, 0.2) is 6.20 Å². The van der Waals surface area contributed by atoms with E-state index in [-0.39, 0.29) is 0 Å². The summed E-state index contributed by atoms with van der Waals surface area (Å²) in [5, 5.41) is 18.6. The van der Waals surface area contributed by atoms with Gasteiger partial charge in [-0.15, -0.1) is 5.10 Å². The fraction of sp³-hybridized carbons (Fsp3) is 0.571. The van der Waals surface area contributed by atoms with E-state index >= 15 is 0 Å². The van der Waals surface area contributed by atoms with E-state index in [1.54, 1.807) is 6.20 Å². The standard InChI is InChI=1S/C7H10N4O2/c12-7(13)11-3-5(4-11)1-6-2-8-10-9-6/h2,5H,1,3-4H2,(H,12,13)(H,8,9,10). The van der Waals surface area contributed by atoms with Gasteiger partial charge in [-0.25, -0.2) is 4.79 Å². The van der Waals surface area contributed by atoms with Gasteiger partial charge in [0, 0.05) is 13.1 Å². The van der Waals surface area contributed by atoms with Crippen molar-refractivity contribution in [2.24, 2.45) is 5.92 Å². The number of rotatable bonds is 2. The fourth-order valence-electron chi connectivity index (χ4n) is 1.49. The molecule has 1 aromatic heterocycles. The van der Waals surface area contributed by atoms with Gasteiger partial charge in [-0.2, -0.15) is 0 Å². The first-order valence-electron chi connectivity index (χ1n) is 4.08. The van der Waals surface area contributed by atoms with Crippen LogP contribution in [0.4, 0.5) is 4.79 Å². The van der Waals surface area contributed by atoms with Gasteiger partial charge in [0.05, 0.1) is 11.9 Å². The number of hydrogen-bond donors (Lipinski definition) is 2. The van der Waals surface area contributed by atoms with E-state index in [0.29, 0.717) is 19.0 Å². The van der Waals surface area contributed by atoms with Crippen molar-refractivity contribution in [1.29, 1.82) is 0 Å². The second kappa shape index (κ2) is 3.04. The molecule has 1 aliphatic rings. The molecule has 0 aliphatic carbocycles. The highest BCUT2D eigenvalue weighted by molar-refractivity contribution is 5.66. The van der Waals surface area contributed by atoms with Gasteiger partial charge >= 0.3 is 6.09 Å². The number of carbonyl (C=O) groups is 1. The van der Waals surface area contributed by atoms with Crippen molar-refractivity contribution in [1.82, 2.24) is 20.3 Å². The van der Waals surface area contributed by atoms with Gasteiger partial charge in [-0.3, -0.25) is 5.10 Å². The molecule has 2 rings (SSSR count). The zero-order valence-corrected chi connectivity index (χ0v) is 6.97. The summed E-state index contributed by atoms with van der Waals surface area (Å²) in [6, 6.07) is 0. The molecule has 1 amide bonds. The summed E-state index contributed by atoms with van der Waals surface area (Å²) in [7, 11) is 0. The molecular formula is C7H10N4O2. The number of carboxylic acid groups (broad SMARTS) is 1. The summed E-state index contributed by atoms with van der Waals surface area (Å²) in [6.45, 7) is 1.24. The number of H-pyrrole nitrogens is 1. The van der Waals surface area contributed by atoms with Crippen LogP contribution >= 0.6 is 0 Å². The van der Waals surface area contributed by atoms with Crippen LogP contribution in [-0.2, 0) is 6.42 Å². The van der Waals surface area contributed by atoms with Crippen molar-refractivity contribution >= 4 is 6.09 Å². The summed E-state index contributed by atoms with van der Waals surface area (Å²) < 4.78 is 0. The fourth-order valence-corrected chi connectivity index (χ4v) is 1.49. The summed E-state index contributed by atoms with van der Waals surface area (Å²) in [6.07, 6.45) is 1.67. The lowest BCUT2D eigenvalue weighted by Crippen LogP contribution is -2.50. The molecule has 1 fully saturated rings. The molecular weight excluding hydrogens is 172 g/mol. The Labute approximate surface area is 74.6 Å². The molecule has 6 nitrogen and oxygen atoms in total. The van der Waals surface area contributed by atoms with Gasteiger partial charge < -0.3 is 10.0 Å². The highest BCUT2D eigenvalue weighted by Gasteiger charge is 2.30. The predicted octanol–water partition coefficient (Wildman–Crippen LogP) is -0.0430. The monoisotopic (exact) mass is 182 g/mol. The molecule has 1 aliphatic heterocycles. The minimum Gasteiger partial charge on any atom is -0.465 e. The first-order chi connectivity index (χ1) is 6.25. The van der Waals surface area contributed by atoms with E-state index in [0.717, 1.165) is 12.1 Å². The summed E-state index contributed by atoms with van der Waals surface area (Å²) >= 11 is 0. The van der Waals surface area contributed by atoms with Crippen LogP contribution in [0.2, 0.25) is 0 Å². The number of amides is 1. The Morgan fingerprint density at radius 2 is 2.54 bits per heavy atom. The van der Waals surface area contributed by atoms with E-state index in [2.05, 4.69) is 15.4 Å². The number of aromatic amines is 1. The molecule has 0 atom stereocenters. The smallest absolute Gasteiger partial charge is 0.407 e. The number of likely N-dealkylation sites (tertiary alicyclic amines) is 1. The van der Waals surface area contributed by atoms with E-state index in [1.807, 2.05) is 0 Å². The van der Waals surface area contributed by atoms with Gasteiger partial charge in [0.15, 0.2) is 0 Å². The highest BCUT2D eigenvalue weighted by atomic mass is 16.4. The number of aromatic nitrogens is 3. The van der Waals surface area contributed by atoms with Crippen molar-refractivity contribution in [3.05, 3.63) is 11.9 Å². The van der Waals surface area contributed by atoms with Crippen molar-refractivity contribution < 1.29 is 9.90 Å². The molecule has 1 aromatic rings. The van der Waals surface area contributed by atoms with Crippen LogP contribution in [-0.4, -0.2) is 44.6 Å². The maximum Gasteiger partial charge on any atom is 0.407 e. The minimum absolute atomic E-state index is 0.415. The molecule has 0 saturated carbocycles. The van der Waals surface area contributed by atoms with Crippen molar-refractivity contribution in [3.63, 3.8) is 0 Å². The predicted molar refractivity (Wildman–Crippen MR) is 43.2 cm³/mol. The van der Waals surface area contributed by atoms with Crippen molar-refractivity contribution in [3.8, 4) is 0 Å². The van der Waals surface area contributed by atoms with Crippen LogP contribution in [0, 0.1) is 5.92 Å². The molecule has 2 N–H and O–H groups in total. The third-order valence-electron chi connectivity index (χ3n) is 2.20. The maximum atomic E-state index is 10.4. The second-order valence-electron chi connectivity index (χ2n) is 3.24. The molecule has 0 aromatic carbocycles. The molecule has 0 unspecified atom stereocenters. The largest absolute Gasteiger partial charge is 0.465 e. The summed E-state index contributed by atoms with van der Waals surface area (Å²) in [4.78, 5) is 11.8. The van der Waals surface area contributed by atoms with Crippen LogP contribution in [0.1, 0.15) is 5.69 Å². The quantitative estimate of drug-likeness (QED) is 0.672. The minimum atomic E-state index is -0.834. The van der Waals surface area contributed by atoms with Crippen molar-refractivity contribution in [2.45, 2.75) is 6.42 Å². The van der Waals surface area contributed by atoms with E-state index in [4.69, 9.17) is 5.11 Å². The van der Waals surface area contributed by atoms with E-state index in [1.165, 1.54) is 4.90 Å². The van der Waals surface area contributed by atoms with Gasteiger partial charge in [0.1, 0.15) is 0 Å². The Bertz CT molecular complexity index is 291. The molecule has 13 heavy (non-hydrogen) atoms. The Morgan fingerprint density at radius 1 is 1.77 bits per heavy atom. The Balaban J connectivity index is 1.79. The Kier molecular flexibility index (Phi) is 1.88. The number of nitrogens with zero attached hydrogens (tertiary/aromatic N) is 3. The SMILES string of the molecule is O=C(O)N1CC(Cc2cnn[nH]2)C1. The van der Waals surface area contributed by atoms with Crippen LogP contribution in [0.25, 0.3) is 0 Å². The molecule has 0 bridgehead atoms. The molecule has 2 heterocycles. The molecule has 0 spiro atoms. The lowest BCUT2D eigenvalue weighted by atomic mass is 9.96. The van der Waals surface area contributed by atoms with E-state index < -0.39 is 6.09 Å². The zero-order chi connectivity index (χ0) is 9.26. The maximum absolute atomic E-state index is 10.4. The highest BCUT2D eigenvalue weighted by Crippen LogP contribution is 2.18. The average molecular weight is 182 g/mol. The van der Waals surface area contributed by atoms with Gasteiger partial charge in [-0.05, 0) is 12.3 Å². The van der Waals surface area contributed by atoms with Crippen LogP contribution in [0.5, 0.6) is 0 Å².